The number of nitrogens with zero attached hydrogens (tertiary/aromatic N) is 2. The molecule has 0 fully saturated rings. The second-order valence-electron chi connectivity index (χ2n) is 5.14. The van der Waals surface area contributed by atoms with Crippen molar-refractivity contribution in [2.45, 2.75) is 18.4 Å². The summed E-state index contributed by atoms with van der Waals surface area (Å²) in [6.07, 6.45) is -6.61. The number of pyridine rings is 2. The normalized spacial score (nSPS) is 12.3. The summed E-state index contributed by atoms with van der Waals surface area (Å²) in [5.74, 6) is -0.559. The van der Waals surface area contributed by atoms with E-state index >= 15 is 0 Å². The minimum Gasteiger partial charge on any atom is -0.468 e. The average Bonchev–Trinajstić information content (AvgIpc) is 2.57. The van der Waals surface area contributed by atoms with Crippen LogP contribution in [0.15, 0.2) is 36.7 Å². The monoisotopic (exact) mass is 381 g/mol. The van der Waals surface area contributed by atoms with Crippen molar-refractivity contribution in [2.75, 3.05) is 13.2 Å². The number of ether oxygens (including phenoxy) is 2. The van der Waals surface area contributed by atoms with Gasteiger partial charge in [0.05, 0.1) is 6.04 Å². The van der Waals surface area contributed by atoms with E-state index in [1.54, 1.807) is 0 Å². The lowest BCUT2D eigenvalue weighted by Crippen LogP contribution is -2.20. The predicted octanol–water partition coefficient (Wildman–Crippen LogP) is 3.41. The standard InChI is InChI=1S/C15H13F6N3O2/c16-14(17,18)7-25-11-5-9(1-3-23-11)13(22)10-2-4-24-12(6-10)26-8-15(19,20)21/h1-6,13H,7-8,22H2. The number of rotatable bonds is 6. The van der Waals surface area contributed by atoms with Gasteiger partial charge < -0.3 is 15.2 Å². The molecule has 5 nitrogen and oxygen atoms in total. The number of hydrogen-bond acceptors (Lipinski definition) is 5. The third kappa shape index (κ3) is 6.39. The fraction of sp³-hybridized carbons (Fsp3) is 0.333. The van der Waals surface area contributed by atoms with Crippen molar-refractivity contribution in [3.8, 4) is 11.8 Å². The highest BCUT2D eigenvalue weighted by atomic mass is 19.4. The van der Waals surface area contributed by atoms with Gasteiger partial charge in [-0.1, -0.05) is 0 Å². The van der Waals surface area contributed by atoms with Gasteiger partial charge in [0.25, 0.3) is 0 Å². The molecule has 0 spiro atoms. The maximum absolute atomic E-state index is 12.2. The molecule has 26 heavy (non-hydrogen) atoms. The van der Waals surface area contributed by atoms with Crippen molar-refractivity contribution in [1.29, 1.82) is 0 Å². The first-order chi connectivity index (χ1) is 12.0. The van der Waals surface area contributed by atoms with Crippen LogP contribution in [0.5, 0.6) is 11.8 Å². The smallest absolute Gasteiger partial charge is 0.422 e. The van der Waals surface area contributed by atoms with Crippen LogP contribution < -0.4 is 15.2 Å². The highest BCUT2D eigenvalue weighted by Crippen LogP contribution is 2.25. The van der Waals surface area contributed by atoms with Gasteiger partial charge in [-0.05, 0) is 23.3 Å². The van der Waals surface area contributed by atoms with E-state index in [0.717, 1.165) is 0 Å². The molecule has 0 bridgehead atoms. The number of halogens is 6. The Bertz CT molecular complexity index is 674. The van der Waals surface area contributed by atoms with Gasteiger partial charge in [-0.3, -0.25) is 0 Å². The van der Waals surface area contributed by atoms with Gasteiger partial charge in [0.1, 0.15) is 0 Å². The SMILES string of the molecule is NC(c1ccnc(OCC(F)(F)F)c1)c1ccnc(OCC(F)(F)F)c1. The molecule has 2 aromatic rings. The van der Waals surface area contributed by atoms with Gasteiger partial charge in [0.15, 0.2) is 13.2 Å². The topological polar surface area (TPSA) is 70.3 Å². The Labute approximate surface area is 143 Å². The van der Waals surface area contributed by atoms with Crippen LogP contribution in [0.4, 0.5) is 26.3 Å². The Kier molecular flexibility index (Phi) is 5.90. The molecule has 142 valence electrons. The summed E-state index contributed by atoms with van der Waals surface area (Å²) < 4.78 is 82.2. The second-order valence-corrected chi connectivity index (χ2v) is 5.14. The summed E-state index contributed by atoms with van der Waals surface area (Å²) in [5, 5.41) is 0. The van der Waals surface area contributed by atoms with Crippen LogP contribution in [0.2, 0.25) is 0 Å². The van der Waals surface area contributed by atoms with E-state index in [-0.39, 0.29) is 11.8 Å². The number of aromatic nitrogens is 2. The molecule has 11 heteroatoms. The molecule has 0 aliphatic rings. The summed E-state index contributed by atoms with van der Waals surface area (Å²) >= 11 is 0. The Hall–Kier alpha value is -2.56. The maximum Gasteiger partial charge on any atom is 0.422 e. The van der Waals surface area contributed by atoms with Crippen molar-refractivity contribution in [2.24, 2.45) is 5.73 Å². The average molecular weight is 381 g/mol. The molecule has 0 atom stereocenters. The zero-order valence-electron chi connectivity index (χ0n) is 13.0. The number of nitrogens with two attached hydrogens (primary N) is 1. The van der Waals surface area contributed by atoms with E-state index in [0.29, 0.717) is 11.1 Å². The maximum atomic E-state index is 12.2. The Morgan fingerprint density at radius 1 is 0.808 bits per heavy atom. The van der Waals surface area contributed by atoms with E-state index < -0.39 is 31.6 Å². The lowest BCUT2D eigenvalue weighted by atomic mass is 10.0. The number of alkyl halides is 6. The van der Waals surface area contributed by atoms with Crippen molar-refractivity contribution in [3.05, 3.63) is 47.8 Å². The molecule has 0 amide bonds. The van der Waals surface area contributed by atoms with Crippen LogP contribution in [-0.4, -0.2) is 35.5 Å². The molecule has 2 N–H and O–H groups in total. The second kappa shape index (κ2) is 7.77. The van der Waals surface area contributed by atoms with Crippen molar-refractivity contribution in [1.82, 2.24) is 9.97 Å². The van der Waals surface area contributed by atoms with Crippen LogP contribution in [0.1, 0.15) is 17.2 Å². The fourth-order valence-electron chi connectivity index (χ4n) is 1.90. The first kappa shape index (κ1) is 19.8. The lowest BCUT2D eigenvalue weighted by Gasteiger charge is -2.15. The van der Waals surface area contributed by atoms with Crippen molar-refractivity contribution >= 4 is 0 Å². The first-order valence-corrected chi connectivity index (χ1v) is 7.10. The molecule has 0 radical (unpaired) electrons. The number of hydrogen-bond donors (Lipinski definition) is 1. The highest BCUT2D eigenvalue weighted by molar-refractivity contribution is 5.34. The minimum atomic E-state index is -4.52. The Morgan fingerprint density at radius 2 is 1.19 bits per heavy atom. The van der Waals surface area contributed by atoms with Crippen LogP contribution in [-0.2, 0) is 0 Å². The first-order valence-electron chi connectivity index (χ1n) is 7.10. The zero-order chi connectivity index (χ0) is 19.4. The van der Waals surface area contributed by atoms with Crippen molar-refractivity contribution < 1.29 is 35.8 Å². The summed E-state index contributed by atoms with van der Waals surface area (Å²) in [6, 6.07) is 4.46. The Balaban J connectivity index is 2.12. The quantitative estimate of drug-likeness (QED) is 0.777. The minimum absolute atomic E-state index is 0.280. The van der Waals surface area contributed by atoms with Crippen LogP contribution in [0.3, 0.4) is 0 Å². The zero-order valence-corrected chi connectivity index (χ0v) is 13.0. The largest absolute Gasteiger partial charge is 0.468 e. The molecule has 0 unspecified atom stereocenters. The molecule has 2 rings (SSSR count). The van der Waals surface area contributed by atoms with Crippen LogP contribution >= 0.6 is 0 Å². The summed E-state index contributed by atoms with van der Waals surface area (Å²) in [4.78, 5) is 7.31. The third-order valence-corrected chi connectivity index (χ3v) is 3.00. The summed E-state index contributed by atoms with van der Waals surface area (Å²) in [6.45, 7) is -3.02. The molecule has 2 aromatic heterocycles. The van der Waals surface area contributed by atoms with Crippen LogP contribution in [0.25, 0.3) is 0 Å². The Morgan fingerprint density at radius 3 is 1.54 bits per heavy atom. The van der Waals surface area contributed by atoms with E-state index in [9.17, 15) is 26.3 Å². The van der Waals surface area contributed by atoms with Gasteiger partial charge in [-0.25, -0.2) is 9.97 Å². The molecule has 0 saturated carbocycles. The van der Waals surface area contributed by atoms with Gasteiger partial charge in [0.2, 0.25) is 11.8 Å². The van der Waals surface area contributed by atoms with Crippen molar-refractivity contribution in [3.63, 3.8) is 0 Å². The molecule has 0 aliphatic heterocycles. The third-order valence-electron chi connectivity index (χ3n) is 3.00. The van der Waals surface area contributed by atoms with E-state index in [4.69, 9.17) is 5.73 Å². The highest BCUT2D eigenvalue weighted by Gasteiger charge is 2.29. The van der Waals surface area contributed by atoms with Gasteiger partial charge in [-0.2, -0.15) is 26.3 Å². The van der Waals surface area contributed by atoms with E-state index in [1.807, 2.05) is 0 Å². The molecule has 0 saturated heterocycles. The van der Waals surface area contributed by atoms with E-state index in [2.05, 4.69) is 19.4 Å². The summed E-state index contributed by atoms with van der Waals surface area (Å²) in [7, 11) is 0. The van der Waals surface area contributed by atoms with Crippen LogP contribution in [0, 0.1) is 0 Å². The molecule has 2 heterocycles. The van der Waals surface area contributed by atoms with Gasteiger partial charge in [-0.15, -0.1) is 0 Å². The molecular weight excluding hydrogens is 368 g/mol. The van der Waals surface area contributed by atoms with Gasteiger partial charge >= 0.3 is 12.4 Å². The predicted molar refractivity (Wildman–Crippen MR) is 77.6 cm³/mol. The fourth-order valence-corrected chi connectivity index (χ4v) is 1.90. The van der Waals surface area contributed by atoms with Gasteiger partial charge in [0, 0.05) is 24.5 Å². The summed E-state index contributed by atoms with van der Waals surface area (Å²) in [5.41, 5.74) is 6.71. The molecule has 0 aliphatic carbocycles. The molecular formula is C15H13F6N3O2. The lowest BCUT2D eigenvalue weighted by molar-refractivity contribution is -0.154. The molecule has 0 aromatic carbocycles. The van der Waals surface area contributed by atoms with E-state index in [1.165, 1.54) is 36.7 Å².